The van der Waals surface area contributed by atoms with Crippen LogP contribution in [-0.4, -0.2) is 15.0 Å². The molecule has 1 aromatic heterocycles. The first kappa shape index (κ1) is 27.5. The molecule has 2 heterocycles. The Hall–Kier alpha value is -5.84. The highest BCUT2D eigenvalue weighted by Gasteiger charge is 2.22. The summed E-state index contributed by atoms with van der Waals surface area (Å²) in [4.78, 5) is 17.2. The van der Waals surface area contributed by atoms with E-state index in [4.69, 9.17) is 15.0 Å². The smallest absolute Gasteiger partial charge is 0.164 e. The lowest BCUT2D eigenvalue weighted by Crippen LogP contribution is -2.00. The van der Waals surface area contributed by atoms with Gasteiger partial charge in [-0.25, -0.2) is 15.0 Å². The molecule has 9 rings (SSSR count). The minimum absolute atomic E-state index is 0.652. The Balaban J connectivity index is 1.18. The molecule has 0 unspecified atom stereocenters. The van der Waals surface area contributed by atoms with E-state index in [1.54, 1.807) is 0 Å². The molecule has 3 nitrogen and oxygen atoms in total. The van der Waals surface area contributed by atoms with Crippen molar-refractivity contribution in [2.24, 2.45) is 0 Å². The first-order valence-corrected chi connectivity index (χ1v) is 16.5. The van der Waals surface area contributed by atoms with Crippen molar-refractivity contribution in [3.63, 3.8) is 0 Å². The molecule has 0 spiro atoms. The molecule has 0 saturated heterocycles. The third kappa shape index (κ3) is 4.91. The van der Waals surface area contributed by atoms with Gasteiger partial charge < -0.3 is 0 Å². The monoisotopic (exact) mass is 617 g/mol. The fraction of sp³-hybridized carbons (Fsp3) is 0. The summed E-state index contributed by atoms with van der Waals surface area (Å²) in [6.07, 6.45) is 0. The molecule has 0 amide bonds. The number of nitrogens with zero attached hydrogens (tertiary/aromatic N) is 3. The van der Waals surface area contributed by atoms with E-state index in [-0.39, 0.29) is 0 Å². The van der Waals surface area contributed by atoms with Gasteiger partial charge in [0.1, 0.15) is 0 Å². The number of benzene rings is 7. The summed E-state index contributed by atoms with van der Waals surface area (Å²) >= 11 is 1.85. The summed E-state index contributed by atoms with van der Waals surface area (Å²) in [7, 11) is 0. The van der Waals surface area contributed by atoms with Crippen molar-refractivity contribution in [3.05, 3.63) is 164 Å². The van der Waals surface area contributed by atoms with Gasteiger partial charge in [0.2, 0.25) is 0 Å². The number of fused-ring (bicyclic) bond motifs is 4. The van der Waals surface area contributed by atoms with Gasteiger partial charge in [-0.2, -0.15) is 0 Å². The Morgan fingerprint density at radius 1 is 0.319 bits per heavy atom. The second kappa shape index (κ2) is 11.5. The quantitative estimate of drug-likeness (QED) is 0.197. The largest absolute Gasteiger partial charge is 0.208 e. The van der Waals surface area contributed by atoms with Crippen molar-refractivity contribution in [2.45, 2.75) is 9.79 Å². The zero-order chi connectivity index (χ0) is 31.2. The average molecular weight is 618 g/mol. The summed E-state index contributed by atoms with van der Waals surface area (Å²) in [5.74, 6) is 1.97. The SMILES string of the molecule is c1ccc(-c2nc(-c3ccccc3)nc(-c3ccc(-c4cccc5c4Sc4ccccc4-c4cccc6cccc-5c46)cc3)n2)cc1. The third-order valence-corrected chi connectivity index (χ3v) is 9.97. The van der Waals surface area contributed by atoms with Gasteiger partial charge in [-0.05, 0) is 50.2 Å². The molecule has 0 bridgehead atoms. The van der Waals surface area contributed by atoms with Gasteiger partial charge in [0.05, 0.1) is 0 Å². The Morgan fingerprint density at radius 3 is 1.40 bits per heavy atom. The van der Waals surface area contributed by atoms with Crippen LogP contribution in [0.2, 0.25) is 0 Å². The van der Waals surface area contributed by atoms with Gasteiger partial charge in [-0.3, -0.25) is 0 Å². The maximum Gasteiger partial charge on any atom is 0.164 e. The van der Waals surface area contributed by atoms with Crippen molar-refractivity contribution in [1.82, 2.24) is 15.0 Å². The average Bonchev–Trinajstić information content (AvgIpc) is 3.15. The lowest BCUT2D eigenvalue weighted by Gasteiger charge is -2.22. The van der Waals surface area contributed by atoms with Crippen molar-refractivity contribution in [3.8, 4) is 67.5 Å². The lowest BCUT2D eigenvalue weighted by atomic mass is 9.90. The predicted molar refractivity (Wildman–Crippen MR) is 194 cm³/mol. The van der Waals surface area contributed by atoms with Gasteiger partial charge in [0.25, 0.3) is 0 Å². The highest BCUT2D eigenvalue weighted by Crippen LogP contribution is 2.50. The highest BCUT2D eigenvalue weighted by atomic mass is 32.2. The molecule has 220 valence electrons. The molecule has 47 heavy (non-hydrogen) atoms. The minimum atomic E-state index is 0.652. The first-order valence-electron chi connectivity index (χ1n) is 15.7. The normalized spacial score (nSPS) is 11.7. The van der Waals surface area contributed by atoms with E-state index < -0.39 is 0 Å². The summed E-state index contributed by atoms with van der Waals surface area (Å²) in [5.41, 5.74) is 10.3. The lowest BCUT2D eigenvalue weighted by molar-refractivity contribution is 1.07. The van der Waals surface area contributed by atoms with Crippen LogP contribution in [0.3, 0.4) is 0 Å². The van der Waals surface area contributed by atoms with Crippen molar-refractivity contribution >= 4 is 22.5 Å². The molecule has 4 heteroatoms. The number of aromatic nitrogens is 3. The maximum absolute atomic E-state index is 4.94. The van der Waals surface area contributed by atoms with Crippen LogP contribution in [0.1, 0.15) is 0 Å². The highest BCUT2D eigenvalue weighted by molar-refractivity contribution is 7.99. The van der Waals surface area contributed by atoms with Gasteiger partial charge >= 0.3 is 0 Å². The molecule has 0 aliphatic carbocycles. The minimum Gasteiger partial charge on any atom is -0.208 e. The third-order valence-electron chi connectivity index (χ3n) is 8.75. The molecule has 0 radical (unpaired) electrons. The van der Waals surface area contributed by atoms with E-state index in [0.29, 0.717) is 17.5 Å². The summed E-state index contributed by atoms with van der Waals surface area (Å²) in [6.45, 7) is 0. The number of hydrogen-bond donors (Lipinski definition) is 0. The van der Waals surface area contributed by atoms with Gasteiger partial charge in [0.15, 0.2) is 17.5 Å². The Kier molecular flexibility index (Phi) is 6.72. The summed E-state index contributed by atoms with van der Waals surface area (Å²) in [6, 6.07) is 57.6. The van der Waals surface area contributed by atoms with Crippen LogP contribution < -0.4 is 0 Å². The Morgan fingerprint density at radius 2 is 0.766 bits per heavy atom. The molecule has 0 atom stereocenters. The predicted octanol–water partition coefficient (Wildman–Crippen LogP) is 11.5. The summed E-state index contributed by atoms with van der Waals surface area (Å²) < 4.78 is 0. The van der Waals surface area contributed by atoms with Crippen LogP contribution in [0, 0.1) is 0 Å². The number of rotatable bonds is 4. The van der Waals surface area contributed by atoms with Crippen LogP contribution in [0.25, 0.3) is 78.3 Å². The van der Waals surface area contributed by atoms with E-state index in [2.05, 4.69) is 103 Å². The molecular weight excluding hydrogens is 591 g/mol. The fourth-order valence-corrected chi connectivity index (χ4v) is 7.74. The molecule has 0 fully saturated rings. The Labute approximate surface area is 277 Å². The molecule has 1 aliphatic rings. The molecule has 8 aromatic rings. The summed E-state index contributed by atoms with van der Waals surface area (Å²) in [5, 5.41) is 2.55. The number of hydrogen-bond acceptors (Lipinski definition) is 4. The van der Waals surface area contributed by atoms with Crippen molar-refractivity contribution < 1.29 is 0 Å². The van der Waals surface area contributed by atoms with E-state index in [9.17, 15) is 0 Å². The van der Waals surface area contributed by atoms with E-state index >= 15 is 0 Å². The van der Waals surface area contributed by atoms with Crippen molar-refractivity contribution in [1.29, 1.82) is 0 Å². The zero-order valence-corrected chi connectivity index (χ0v) is 26.2. The molecule has 0 N–H and O–H groups in total. The van der Waals surface area contributed by atoms with Crippen molar-refractivity contribution in [2.75, 3.05) is 0 Å². The molecular formula is C43H27N3S. The van der Waals surface area contributed by atoms with Crippen LogP contribution in [0.5, 0.6) is 0 Å². The Bertz CT molecular complexity index is 2360. The van der Waals surface area contributed by atoms with E-state index in [0.717, 1.165) is 22.3 Å². The van der Waals surface area contributed by atoms with Crippen LogP contribution in [0.4, 0.5) is 0 Å². The standard InChI is InChI=1S/C43H27N3S/c1-3-12-30(13-4-1)41-44-42(31-14-5-2-6-15-31)46-43(45-41)32-26-24-28(25-27-32)33-19-11-22-37-36-21-10-17-29-16-9-20-35(39(29)36)34-18-7-8-23-38(34)47-40(33)37/h1-27H. The maximum atomic E-state index is 4.94. The van der Waals surface area contributed by atoms with Crippen LogP contribution in [0.15, 0.2) is 174 Å². The molecule has 1 aliphatic heterocycles. The van der Waals surface area contributed by atoms with Gasteiger partial charge in [0, 0.05) is 26.5 Å². The van der Waals surface area contributed by atoms with E-state index in [1.165, 1.54) is 48.4 Å². The topological polar surface area (TPSA) is 38.7 Å². The molecule has 7 aromatic carbocycles. The van der Waals surface area contributed by atoms with Crippen LogP contribution in [-0.2, 0) is 0 Å². The fourth-order valence-electron chi connectivity index (χ4n) is 6.50. The van der Waals surface area contributed by atoms with Gasteiger partial charge in [-0.1, -0.05) is 169 Å². The zero-order valence-electron chi connectivity index (χ0n) is 25.3. The van der Waals surface area contributed by atoms with E-state index in [1.807, 2.05) is 72.4 Å². The van der Waals surface area contributed by atoms with Gasteiger partial charge in [-0.15, -0.1) is 0 Å². The second-order valence-electron chi connectivity index (χ2n) is 11.6. The molecule has 0 saturated carbocycles. The first-order chi connectivity index (χ1) is 23.3. The van der Waals surface area contributed by atoms with Crippen LogP contribution >= 0.6 is 11.8 Å². The second-order valence-corrected chi connectivity index (χ2v) is 12.7.